The summed E-state index contributed by atoms with van der Waals surface area (Å²) in [5.41, 5.74) is 6.66. The van der Waals surface area contributed by atoms with Gasteiger partial charge in [0, 0.05) is 54.3 Å². The van der Waals surface area contributed by atoms with Crippen molar-refractivity contribution >= 4 is 28.2 Å². The second-order valence-electron chi connectivity index (χ2n) is 8.12. The van der Waals surface area contributed by atoms with Crippen LogP contribution < -0.4 is 0 Å². The summed E-state index contributed by atoms with van der Waals surface area (Å²) in [5.74, 6) is 0.432. The van der Waals surface area contributed by atoms with Crippen molar-refractivity contribution in [3.05, 3.63) is 54.0 Å². The topological polar surface area (TPSA) is 48.5 Å². The average molecular weight is 389 g/mol. The molecule has 0 saturated carbocycles. The number of carbonyl (C=O) groups is 1. The highest BCUT2D eigenvalue weighted by Crippen LogP contribution is 2.36. The fraction of sp³-hybridized carbons (Fsp3) is 0.333. The van der Waals surface area contributed by atoms with E-state index in [-0.39, 0.29) is 11.7 Å². The summed E-state index contributed by atoms with van der Waals surface area (Å²) in [7, 11) is 0. The summed E-state index contributed by atoms with van der Waals surface area (Å²) < 4.78 is 13.5. The van der Waals surface area contributed by atoms with Gasteiger partial charge in [0.25, 0.3) is 0 Å². The lowest BCUT2D eigenvalue weighted by Crippen LogP contribution is -2.39. The predicted octanol–water partition coefficient (Wildman–Crippen LogP) is 5.25. The third kappa shape index (κ3) is 3.35. The van der Waals surface area contributed by atoms with Crippen LogP contribution in [0.25, 0.3) is 22.0 Å². The van der Waals surface area contributed by atoms with E-state index in [0.29, 0.717) is 5.92 Å². The molecule has 3 heterocycles. The highest BCUT2D eigenvalue weighted by atomic mass is 19.1. The summed E-state index contributed by atoms with van der Waals surface area (Å²) in [6, 6.07) is 11.3. The number of aromatic amines is 1. The Morgan fingerprint density at radius 2 is 1.97 bits per heavy atom. The number of piperidine rings is 1. The number of likely N-dealkylation sites (tertiary alicyclic amines) is 1. The lowest BCUT2D eigenvalue weighted by atomic mass is 9.86. The van der Waals surface area contributed by atoms with Gasteiger partial charge in [-0.2, -0.15) is 0 Å². The fourth-order valence-electron chi connectivity index (χ4n) is 4.70. The van der Waals surface area contributed by atoms with Crippen LogP contribution in [0.4, 0.5) is 10.1 Å². The van der Waals surface area contributed by atoms with Crippen molar-refractivity contribution in [3.8, 4) is 11.1 Å². The number of amides is 1. The van der Waals surface area contributed by atoms with Gasteiger partial charge in [-0.1, -0.05) is 6.07 Å². The number of aliphatic imine (C=N–C) groups is 1. The molecule has 0 aliphatic carbocycles. The lowest BCUT2D eigenvalue weighted by Gasteiger charge is -2.33. The first-order valence-electron chi connectivity index (χ1n) is 10.3. The van der Waals surface area contributed by atoms with Gasteiger partial charge in [-0.05, 0) is 67.1 Å². The van der Waals surface area contributed by atoms with Crippen LogP contribution in [-0.4, -0.2) is 34.6 Å². The Morgan fingerprint density at radius 3 is 2.76 bits per heavy atom. The van der Waals surface area contributed by atoms with E-state index >= 15 is 0 Å². The van der Waals surface area contributed by atoms with Crippen molar-refractivity contribution in [1.82, 2.24) is 9.88 Å². The second kappa shape index (κ2) is 7.14. The van der Waals surface area contributed by atoms with Crippen LogP contribution in [0.3, 0.4) is 0 Å². The van der Waals surface area contributed by atoms with Crippen LogP contribution in [0.2, 0.25) is 0 Å². The molecular weight excluding hydrogens is 365 g/mol. The van der Waals surface area contributed by atoms with E-state index in [0.717, 1.165) is 66.5 Å². The minimum absolute atomic E-state index is 0.173. The largest absolute Gasteiger partial charge is 0.360 e. The number of hydrogen-bond donors (Lipinski definition) is 1. The predicted molar refractivity (Wildman–Crippen MR) is 114 cm³/mol. The van der Waals surface area contributed by atoms with Gasteiger partial charge in [0.2, 0.25) is 5.91 Å². The highest BCUT2D eigenvalue weighted by Gasteiger charge is 2.26. The van der Waals surface area contributed by atoms with Crippen LogP contribution in [0.15, 0.2) is 47.6 Å². The smallest absolute Gasteiger partial charge is 0.219 e. The van der Waals surface area contributed by atoms with E-state index < -0.39 is 0 Å². The summed E-state index contributed by atoms with van der Waals surface area (Å²) in [5, 5.41) is 1.03. The van der Waals surface area contributed by atoms with Crippen molar-refractivity contribution in [1.29, 1.82) is 0 Å². The zero-order chi connectivity index (χ0) is 20.0. The molecule has 1 saturated heterocycles. The maximum Gasteiger partial charge on any atom is 0.219 e. The molecule has 5 heteroatoms. The molecule has 4 nitrogen and oxygen atoms in total. The number of H-pyrrole nitrogens is 1. The molecule has 1 N–H and O–H groups in total. The summed E-state index contributed by atoms with van der Waals surface area (Å²) in [6.45, 7) is 3.33. The quantitative estimate of drug-likeness (QED) is 0.639. The molecule has 0 radical (unpaired) electrons. The van der Waals surface area contributed by atoms with Gasteiger partial charge >= 0.3 is 0 Å². The molecule has 0 spiro atoms. The van der Waals surface area contributed by atoms with Gasteiger partial charge in [-0.3, -0.25) is 9.79 Å². The normalized spacial score (nSPS) is 17.3. The molecule has 1 amide bonds. The van der Waals surface area contributed by atoms with E-state index in [4.69, 9.17) is 4.99 Å². The van der Waals surface area contributed by atoms with Crippen LogP contribution in [0, 0.1) is 11.7 Å². The monoisotopic (exact) mass is 389 g/mol. The number of fused-ring (bicyclic) bond motifs is 2. The standard InChI is InChI=1S/C24H24FN3O/c1-15(29)28-10-8-16(9-11-28)22-7-3-18-12-17(2-6-23(18)27-22)21-14-26-24-13-19(25)4-5-20(21)24/h2,4-6,12-14,16,26H,3,7-11H2,1H3. The minimum atomic E-state index is -0.229. The van der Waals surface area contributed by atoms with Gasteiger partial charge < -0.3 is 9.88 Å². The first-order chi connectivity index (χ1) is 14.1. The Bertz CT molecular complexity index is 1120. The molecule has 1 aromatic heterocycles. The number of benzene rings is 2. The molecule has 3 aromatic rings. The van der Waals surface area contributed by atoms with E-state index in [1.165, 1.54) is 23.4 Å². The number of rotatable bonds is 2. The molecule has 2 aliphatic heterocycles. The maximum absolute atomic E-state index is 13.5. The molecular formula is C24H24FN3O. The van der Waals surface area contributed by atoms with Crippen LogP contribution >= 0.6 is 0 Å². The van der Waals surface area contributed by atoms with Crippen LogP contribution in [-0.2, 0) is 11.2 Å². The molecule has 1 fully saturated rings. The van der Waals surface area contributed by atoms with Gasteiger partial charge in [0.05, 0.1) is 5.69 Å². The summed E-state index contributed by atoms with van der Waals surface area (Å²) >= 11 is 0. The van der Waals surface area contributed by atoms with Gasteiger partial charge in [0.1, 0.15) is 5.82 Å². The van der Waals surface area contributed by atoms with Gasteiger partial charge in [-0.25, -0.2) is 4.39 Å². The molecule has 0 bridgehead atoms. The molecule has 148 valence electrons. The number of nitrogens with one attached hydrogen (secondary N) is 1. The first kappa shape index (κ1) is 18.1. The van der Waals surface area contributed by atoms with Crippen LogP contribution in [0.1, 0.15) is 31.7 Å². The third-order valence-electron chi connectivity index (χ3n) is 6.36. The van der Waals surface area contributed by atoms with Crippen molar-refractivity contribution in [2.24, 2.45) is 10.9 Å². The average Bonchev–Trinajstić information content (AvgIpc) is 3.16. The zero-order valence-electron chi connectivity index (χ0n) is 16.5. The molecule has 29 heavy (non-hydrogen) atoms. The van der Waals surface area contributed by atoms with Gasteiger partial charge in [0.15, 0.2) is 0 Å². The number of aryl methyl sites for hydroxylation is 1. The molecule has 0 atom stereocenters. The Hall–Kier alpha value is -2.95. The van der Waals surface area contributed by atoms with Gasteiger partial charge in [-0.15, -0.1) is 0 Å². The van der Waals surface area contributed by atoms with Crippen molar-refractivity contribution in [2.75, 3.05) is 13.1 Å². The lowest BCUT2D eigenvalue weighted by molar-refractivity contribution is -0.129. The van der Waals surface area contributed by atoms with Crippen molar-refractivity contribution < 1.29 is 9.18 Å². The zero-order valence-corrected chi connectivity index (χ0v) is 16.5. The number of nitrogens with zero attached hydrogens (tertiary/aromatic N) is 2. The first-order valence-corrected chi connectivity index (χ1v) is 10.3. The highest BCUT2D eigenvalue weighted by molar-refractivity contribution is 5.96. The number of halogens is 1. The molecule has 2 aromatic carbocycles. The molecule has 2 aliphatic rings. The SMILES string of the molecule is CC(=O)N1CCC(C2=Nc3ccc(-c4c[nH]c5cc(F)ccc45)cc3CC2)CC1. The Morgan fingerprint density at radius 1 is 1.14 bits per heavy atom. The Kier molecular flexibility index (Phi) is 4.46. The van der Waals surface area contributed by atoms with E-state index in [1.807, 2.05) is 17.2 Å². The van der Waals surface area contributed by atoms with Crippen LogP contribution in [0.5, 0.6) is 0 Å². The number of carbonyl (C=O) groups excluding carboxylic acids is 1. The van der Waals surface area contributed by atoms with E-state index in [1.54, 1.807) is 6.92 Å². The minimum Gasteiger partial charge on any atom is -0.360 e. The third-order valence-corrected chi connectivity index (χ3v) is 6.36. The van der Waals surface area contributed by atoms with E-state index in [9.17, 15) is 9.18 Å². The summed E-state index contributed by atoms with van der Waals surface area (Å²) in [4.78, 5) is 21.7. The number of hydrogen-bond acceptors (Lipinski definition) is 2. The fourth-order valence-corrected chi connectivity index (χ4v) is 4.70. The van der Waals surface area contributed by atoms with Crippen molar-refractivity contribution in [3.63, 3.8) is 0 Å². The van der Waals surface area contributed by atoms with E-state index in [2.05, 4.69) is 23.2 Å². The molecule has 0 unspecified atom stereocenters. The second-order valence-corrected chi connectivity index (χ2v) is 8.12. The Balaban J connectivity index is 1.40. The van der Waals surface area contributed by atoms with Crippen molar-refractivity contribution in [2.45, 2.75) is 32.6 Å². The molecule has 5 rings (SSSR count). The Labute approximate surface area is 169 Å². The summed E-state index contributed by atoms with van der Waals surface area (Å²) in [6.07, 6.45) is 5.95. The number of aromatic nitrogens is 1. The maximum atomic E-state index is 13.5.